The largest absolute Gasteiger partial charge is 0.501 e. The predicted molar refractivity (Wildman–Crippen MR) is 161 cm³/mol. The highest BCUT2D eigenvalue weighted by atomic mass is 28.4. The van der Waals surface area contributed by atoms with Crippen LogP contribution in [0.15, 0.2) is 0 Å². The monoisotopic (exact) mass is 530 g/mol. The van der Waals surface area contributed by atoms with Crippen LogP contribution < -0.4 is 0 Å². The van der Waals surface area contributed by atoms with Crippen molar-refractivity contribution in [2.24, 2.45) is 0 Å². The molecule has 0 unspecified atom stereocenters. The summed E-state index contributed by atoms with van der Waals surface area (Å²) in [6.07, 6.45) is 23.7. The molecule has 4 nitrogen and oxygen atoms in total. The van der Waals surface area contributed by atoms with Gasteiger partial charge in [0.05, 0.1) is 26.7 Å². The summed E-state index contributed by atoms with van der Waals surface area (Å²) in [5, 5.41) is 0. The molecule has 218 valence electrons. The third-order valence-corrected chi connectivity index (χ3v) is 10.3. The first-order chi connectivity index (χ1) is 17.5. The molecule has 0 aliphatic rings. The molecule has 0 aromatic heterocycles. The molecular weight excluding hydrogens is 462 g/mol. The Labute approximate surface area is 229 Å². The fourth-order valence-electron chi connectivity index (χ4n) is 5.03. The van der Waals surface area contributed by atoms with E-state index in [1.165, 1.54) is 114 Å². The van der Waals surface area contributed by atoms with Crippen molar-refractivity contribution in [3.8, 4) is 0 Å². The highest BCUT2D eigenvalue weighted by Gasteiger charge is 2.41. The lowest BCUT2D eigenvalue weighted by Gasteiger charge is -2.36. The standard InChI is InChI=1S/C31H68NO3Si/c1-7-12-14-16-18-20-22-25-32(6,26-23-21-19-17-15-13-8-2)27-24-31-36(33-28-9-3,34-29-10-4)35-30-11-5/h7-31H2,1-6H3/q+1. The molecular formula is C31H68NO3Si+. The van der Waals surface area contributed by atoms with Crippen LogP contribution in [0.5, 0.6) is 0 Å². The second-order valence-electron chi connectivity index (χ2n) is 11.4. The van der Waals surface area contributed by atoms with E-state index in [-0.39, 0.29) is 0 Å². The zero-order chi connectivity index (χ0) is 26.8. The number of rotatable bonds is 29. The van der Waals surface area contributed by atoms with E-state index >= 15 is 0 Å². The number of hydrogen-bond acceptors (Lipinski definition) is 3. The maximum Gasteiger partial charge on any atom is 0.501 e. The Morgan fingerprint density at radius 3 is 1.11 bits per heavy atom. The van der Waals surface area contributed by atoms with Crippen LogP contribution in [-0.2, 0) is 13.3 Å². The molecule has 0 amide bonds. The minimum Gasteiger partial charge on any atom is -0.373 e. The maximum atomic E-state index is 6.38. The van der Waals surface area contributed by atoms with Crippen molar-refractivity contribution in [2.45, 2.75) is 156 Å². The van der Waals surface area contributed by atoms with Gasteiger partial charge < -0.3 is 17.8 Å². The molecule has 0 spiro atoms. The number of unbranched alkanes of at least 4 members (excludes halogenated alkanes) is 12. The van der Waals surface area contributed by atoms with Crippen molar-refractivity contribution < 1.29 is 17.8 Å². The van der Waals surface area contributed by atoms with Gasteiger partial charge in [0.1, 0.15) is 0 Å². The topological polar surface area (TPSA) is 27.7 Å². The second kappa shape index (κ2) is 25.3. The third-order valence-electron chi connectivity index (χ3n) is 7.36. The van der Waals surface area contributed by atoms with Gasteiger partial charge in [-0.3, -0.25) is 0 Å². The first-order valence-corrected chi connectivity index (χ1v) is 18.2. The lowest BCUT2D eigenvalue weighted by Crippen LogP contribution is -2.50. The highest BCUT2D eigenvalue weighted by Crippen LogP contribution is 2.22. The van der Waals surface area contributed by atoms with Crippen LogP contribution in [0.1, 0.15) is 150 Å². The summed E-state index contributed by atoms with van der Waals surface area (Å²) in [7, 11) is -0.0639. The molecule has 0 saturated heterocycles. The summed E-state index contributed by atoms with van der Waals surface area (Å²) in [4.78, 5) is 0. The van der Waals surface area contributed by atoms with Gasteiger partial charge in [-0.25, -0.2) is 0 Å². The molecule has 0 fully saturated rings. The predicted octanol–water partition coefficient (Wildman–Crippen LogP) is 9.54. The summed E-state index contributed by atoms with van der Waals surface area (Å²) in [6, 6.07) is 0.967. The lowest BCUT2D eigenvalue weighted by molar-refractivity contribution is -0.910. The summed E-state index contributed by atoms with van der Waals surface area (Å²) >= 11 is 0. The van der Waals surface area contributed by atoms with Crippen LogP contribution >= 0.6 is 0 Å². The van der Waals surface area contributed by atoms with Crippen LogP contribution in [0.4, 0.5) is 0 Å². The van der Waals surface area contributed by atoms with Crippen molar-refractivity contribution in [3.63, 3.8) is 0 Å². The van der Waals surface area contributed by atoms with Crippen molar-refractivity contribution in [3.05, 3.63) is 0 Å². The van der Waals surface area contributed by atoms with Gasteiger partial charge in [0.2, 0.25) is 0 Å². The summed E-state index contributed by atoms with van der Waals surface area (Å²) in [5.74, 6) is 0. The van der Waals surface area contributed by atoms with E-state index in [4.69, 9.17) is 13.3 Å². The fourth-order valence-corrected chi connectivity index (χ4v) is 7.85. The van der Waals surface area contributed by atoms with Gasteiger partial charge in [-0.2, -0.15) is 0 Å². The number of nitrogens with zero attached hydrogens (tertiary/aromatic N) is 1. The fraction of sp³-hybridized carbons (Fsp3) is 1.00. The minimum absolute atomic E-state index is 0.752. The van der Waals surface area contributed by atoms with E-state index in [2.05, 4.69) is 41.7 Å². The average Bonchev–Trinajstić information content (AvgIpc) is 2.88. The number of quaternary nitrogens is 1. The first-order valence-electron chi connectivity index (χ1n) is 16.3. The molecule has 0 aromatic carbocycles. The van der Waals surface area contributed by atoms with Crippen molar-refractivity contribution in [1.29, 1.82) is 0 Å². The zero-order valence-corrected chi connectivity index (χ0v) is 26.8. The average molecular weight is 531 g/mol. The van der Waals surface area contributed by atoms with E-state index in [0.717, 1.165) is 51.5 Å². The highest BCUT2D eigenvalue weighted by molar-refractivity contribution is 6.60. The van der Waals surface area contributed by atoms with Crippen LogP contribution in [0.2, 0.25) is 6.04 Å². The van der Waals surface area contributed by atoms with Gasteiger partial charge >= 0.3 is 8.80 Å². The van der Waals surface area contributed by atoms with Crippen LogP contribution in [0.25, 0.3) is 0 Å². The molecule has 0 aromatic rings. The van der Waals surface area contributed by atoms with Gasteiger partial charge in [-0.15, -0.1) is 0 Å². The van der Waals surface area contributed by atoms with Gasteiger partial charge in [0, 0.05) is 32.3 Å². The molecule has 0 N–H and O–H groups in total. The van der Waals surface area contributed by atoms with Gasteiger partial charge in [-0.1, -0.05) is 98.8 Å². The first kappa shape index (κ1) is 36.1. The molecule has 0 aliphatic carbocycles. The molecule has 0 saturated carbocycles. The Morgan fingerprint density at radius 1 is 0.417 bits per heavy atom. The van der Waals surface area contributed by atoms with E-state index in [1.54, 1.807) is 0 Å². The van der Waals surface area contributed by atoms with Crippen LogP contribution in [0.3, 0.4) is 0 Å². The van der Waals surface area contributed by atoms with E-state index in [1.807, 2.05) is 0 Å². The molecule has 0 radical (unpaired) electrons. The van der Waals surface area contributed by atoms with Crippen LogP contribution in [-0.4, -0.2) is 59.8 Å². The summed E-state index contributed by atoms with van der Waals surface area (Å²) in [6.45, 7) is 17.3. The van der Waals surface area contributed by atoms with E-state index < -0.39 is 8.80 Å². The molecule has 5 heteroatoms. The molecule has 36 heavy (non-hydrogen) atoms. The van der Waals surface area contributed by atoms with E-state index in [0.29, 0.717) is 0 Å². The maximum absolute atomic E-state index is 6.38. The molecule has 0 heterocycles. The minimum atomic E-state index is -2.58. The summed E-state index contributed by atoms with van der Waals surface area (Å²) < 4.78 is 20.3. The van der Waals surface area contributed by atoms with Gasteiger partial charge in [-0.05, 0) is 44.9 Å². The van der Waals surface area contributed by atoms with Gasteiger partial charge in [0.25, 0.3) is 0 Å². The van der Waals surface area contributed by atoms with Crippen molar-refractivity contribution in [2.75, 3.05) is 46.5 Å². The van der Waals surface area contributed by atoms with Crippen molar-refractivity contribution in [1.82, 2.24) is 0 Å². The Kier molecular flexibility index (Phi) is 25.4. The molecule has 0 aliphatic heterocycles. The SMILES string of the molecule is CCCCCCCCC[N+](C)(CCCCCCCCC)CCC[Si](OCCC)(OCCC)OCCC. The Morgan fingerprint density at radius 2 is 0.750 bits per heavy atom. The van der Waals surface area contributed by atoms with Gasteiger partial charge in [0.15, 0.2) is 0 Å². The smallest absolute Gasteiger partial charge is 0.373 e. The lowest BCUT2D eigenvalue weighted by atomic mass is 10.1. The number of hydrogen-bond donors (Lipinski definition) is 0. The van der Waals surface area contributed by atoms with Crippen molar-refractivity contribution >= 4 is 8.80 Å². The molecule has 0 bridgehead atoms. The zero-order valence-electron chi connectivity index (χ0n) is 25.8. The van der Waals surface area contributed by atoms with Crippen LogP contribution in [0, 0.1) is 0 Å². The summed E-state index contributed by atoms with van der Waals surface area (Å²) in [5.41, 5.74) is 0. The Balaban J connectivity index is 4.89. The quantitative estimate of drug-likeness (QED) is 0.0547. The Hall–Kier alpha value is 0.0569. The second-order valence-corrected chi connectivity index (χ2v) is 14.1. The molecule has 0 rings (SSSR count). The third kappa shape index (κ3) is 20.1. The Bertz CT molecular complexity index is 410. The molecule has 0 atom stereocenters. The normalized spacial score (nSPS) is 12.5. The van der Waals surface area contributed by atoms with E-state index in [9.17, 15) is 0 Å².